The Morgan fingerprint density at radius 1 is 1.38 bits per heavy atom. The SMILES string of the molecule is Cc1c(C(=O)N2CCOCC2C(=O)O)nnn1-c1ccccc1Cl. The van der Waals surface area contributed by atoms with Crippen LogP contribution in [-0.4, -0.2) is 62.7 Å². The van der Waals surface area contributed by atoms with Gasteiger partial charge in [-0.1, -0.05) is 28.9 Å². The number of hydrogen-bond donors (Lipinski definition) is 1. The Kier molecular flexibility index (Phi) is 4.50. The number of benzene rings is 1. The Hall–Kier alpha value is -2.45. The molecule has 0 aliphatic carbocycles. The molecule has 1 unspecified atom stereocenters. The number of para-hydroxylation sites is 1. The number of halogens is 1. The van der Waals surface area contributed by atoms with E-state index in [0.29, 0.717) is 16.4 Å². The van der Waals surface area contributed by atoms with E-state index in [1.165, 1.54) is 9.58 Å². The number of aromatic nitrogens is 3. The second-order valence-electron chi connectivity index (χ2n) is 5.31. The summed E-state index contributed by atoms with van der Waals surface area (Å²) in [7, 11) is 0. The first-order valence-corrected chi connectivity index (χ1v) is 7.67. The van der Waals surface area contributed by atoms with Crippen molar-refractivity contribution in [3.8, 4) is 5.69 Å². The van der Waals surface area contributed by atoms with Crippen LogP contribution in [0.4, 0.5) is 0 Å². The van der Waals surface area contributed by atoms with Crippen LogP contribution in [0.25, 0.3) is 5.69 Å². The summed E-state index contributed by atoms with van der Waals surface area (Å²) in [5.41, 5.74) is 1.19. The first kappa shape index (κ1) is 16.4. The number of hydrogen-bond acceptors (Lipinski definition) is 5. The quantitative estimate of drug-likeness (QED) is 0.892. The summed E-state index contributed by atoms with van der Waals surface area (Å²) in [5.74, 6) is -1.60. The van der Waals surface area contributed by atoms with E-state index in [4.69, 9.17) is 16.3 Å². The summed E-state index contributed by atoms with van der Waals surface area (Å²) in [5, 5.41) is 17.7. The molecule has 1 amide bonds. The molecule has 1 N–H and O–H groups in total. The standard InChI is InChI=1S/C15H15ClN4O4/c1-9-13(14(21)19-6-7-24-8-12(19)15(22)23)17-18-20(9)11-5-3-2-4-10(11)16/h2-5,12H,6-8H2,1H3,(H,22,23). The largest absolute Gasteiger partial charge is 0.480 e. The van der Waals surface area contributed by atoms with Crippen LogP contribution in [0.5, 0.6) is 0 Å². The fraction of sp³-hybridized carbons (Fsp3) is 0.333. The van der Waals surface area contributed by atoms with E-state index in [1.807, 2.05) is 0 Å². The third-order valence-electron chi connectivity index (χ3n) is 3.85. The minimum atomic E-state index is -1.11. The first-order chi connectivity index (χ1) is 11.5. The van der Waals surface area contributed by atoms with Crippen LogP contribution in [0.15, 0.2) is 24.3 Å². The molecule has 1 aliphatic rings. The van der Waals surface area contributed by atoms with Crippen molar-refractivity contribution in [3.63, 3.8) is 0 Å². The Morgan fingerprint density at radius 2 is 2.12 bits per heavy atom. The average molecular weight is 351 g/mol. The summed E-state index contributed by atoms with van der Waals surface area (Å²) in [6.07, 6.45) is 0. The van der Waals surface area contributed by atoms with Gasteiger partial charge in [-0.25, -0.2) is 9.48 Å². The summed E-state index contributed by atoms with van der Waals surface area (Å²) in [4.78, 5) is 25.3. The van der Waals surface area contributed by atoms with Gasteiger partial charge in [-0.2, -0.15) is 0 Å². The molecule has 1 aromatic heterocycles. The summed E-state index contributed by atoms with van der Waals surface area (Å²) in [6.45, 7) is 2.12. The fourth-order valence-electron chi connectivity index (χ4n) is 2.57. The topological polar surface area (TPSA) is 97.6 Å². The number of rotatable bonds is 3. The molecule has 1 saturated heterocycles. The molecule has 8 nitrogen and oxygen atoms in total. The van der Waals surface area contributed by atoms with E-state index in [1.54, 1.807) is 31.2 Å². The molecule has 1 fully saturated rings. The van der Waals surface area contributed by atoms with Crippen LogP contribution in [-0.2, 0) is 9.53 Å². The van der Waals surface area contributed by atoms with Gasteiger partial charge in [-0.15, -0.1) is 5.10 Å². The van der Waals surface area contributed by atoms with Crippen LogP contribution in [0, 0.1) is 6.92 Å². The number of carbonyl (C=O) groups excluding carboxylic acids is 1. The van der Waals surface area contributed by atoms with E-state index in [2.05, 4.69) is 10.3 Å². The number of carbonyl (C=O) groups is 2. The Labute approximate surface area is 142 Å². The smallest absolute Gasteiger partial charge is 0.328 e. The zero-order valence-corrected chi connectivity index (χ0v) is 13.6. The minimum Gasteiger partial charge on any atom is -0.480 e. The highest BCUT2D eigenvalue weighted by Crippen LogP contribution is 2.22. The van der Waals surface area contributed by atoms with Gasteiger partial charge >= 0.3 is 5.97 Å². The number of morpholine rings is 1. The molecule has 1 aromatic carbocycles. The highest BCUT2D eigenvalue weighted by atomic mass is 35.5. The summed E-state index contributed by atoms with van der Waals surface area (Å²) >= 11 is 6.15. The van der Waals surface area contributed by atoms with Crippen molar-refractivity contribution in [1.29, 1.82) is 0 Å². The van der Waals surface area contributed by atoms with E-state index >= 15 is 0 Å². The molecular weight excluding hydrogens is 336 g/mol. The number of aliphatic carboxylic acids is 1. The molecule has 0 radical (unpaired) electrons. The van der Waals surface area contributed by atoms with Crippen molar-refractivity contribution in [2.45, 2.75) is 13.0 Å². The lowest BCUT2D eigenvalue weighted by Crippen LogP contribution is -2.52. The third-order valence-corrected chi connectivity index (χ3v) is 4.17. The van der Waals surface area contributed by atoms with Crippen LogP contribution in [0.1, 0.15) is 16.2 Å². The van der Waals surface area contributed by atoms with Crippen LogP contribution < -0.4 is 0 Å². The molecule has 2 aromatic rings. The molecule has 24 heavy (non-hydrogen) atoms. The number of carboxylic acid groups (broad SMARTS) is 1. The summed E-state index contributed by atoms with van der Waals surface area (Å²) < 4.78 is 6.61. The fourth-order valence-corrected chi connectivity index (χ4v) is 2.78. The van der Waals surface area contributed by atoms with Gasteiger partial charge in [0.25, 0.3) is 5.91 Å². The molecular formula is C15H15ClN4O4. The first-order valence-electron chi connectivity index (χ1n) is 7.29. The number of carboxylic acids is 1. The van der Waals surface area contributed by atoms with Crippen LogP contribution >= 0.6 is 11.6 Å². The molecule has 0 spiro atoms. The van der Waals surface area contributed by atoms with E-state index in [9.17, 15) is 14.7 Å². The van der Waals surface area contributed by atoms with Gasteiger partial charge in [0.05, 0.1) is 29.6 Å². The van der Waals surface area contributed by atoms with Gasteiger partial charge < -0.3 is 14.7 Å². The molecule has 0 saturated carbocycles. The van der Waals surface area contributed by atoms with Gasteiger partial charge in [-0.3, -0.25) is 4.79 Å². The maximum Gasteiger partial charge on any atom is 0.328 e. The van der Waals surface area contributed by atoms with Crippen molar-refractivity contribution in [3.05, 3.63) is 40.7 Å². The third kappa shape index (κ3) is 2.85. The average Bonchev–Trinajstić information content (AvgIpc) is 2.96. The molecule has 1 aliphatic heterocycles. The Bertz CT molecular complexity index is 792. The predicted molar refractivity (Wildman–Crippen MR) is 84.4 cm³/mol. The molecule has 0 bridgehead atoms. The molecule has 126 valence electrons. The lowest BCUT2D eigenvalue weighted by Gasteiger charge is -2.32. The number of amides is 1. The lowest BCUT2D eigenvalue weighted by molar-refractivity contribution is -0.147. The van der Waals surface area contributed by atoms with Gasteiger partial charge in [0.15, 0.2) is 11.7 Å². The highest BCUT2D eigenvalue weighted by Gasteiger charge is 2.35. The van der Waals surface area contributed by atoms with Crippen molar-refractivity contribution in [1.82, 2.24) is 19.9 Å². The van der Waals surface area contributed by atoms with Crippen molar-refractivity contribution < 1.29 is 19.4 Å². The zero-order valence-electron chi connectivity index (χ0n) is 12.8. The maximum atomic E-state index is 12.7. The second kappa shape index (κ2) is 6.58. The zero-order chi connectivity index (χ0) is 17.3. The van der Waals surface area contributed by atoms with Crippen LogP contribution in [0.3, 0.4) is 0 Å². The van der Waals surface area contributed by atoms with E-state index in [0.717, 1.165) is 0 Å². The van der Waals surface area contributed by atoms with Gasteiger partial charge in [-0.05, 0) is 19.1 Å². The van der Waals surface area contributed by atoms with Crippen molar-refractivity contribution in [2.75, 3.05) is 19.8 Å². The Balaban J connectivity index is 1.94. The van der Waals surface area contributed by atoms with Crippen molar-refractivity contribution in [2.24, 2.45) is 0 Å². The van der Waals surface area contributed by atoms with Crippen LogP contribution in [0.2, 0.25) is 5.02 Å². The normalized spacial score (nSPS) is 17.8. The van der Waals surface area contributed by atoms with Crippen molar-refractivity contribution >= 4 is 23.5 Å². The lowest BCUT2D eigenvalue weighted by atomic mass is 10.2. The van der Waals surface area contributed by atoms with E-state index < -0.39 is 17.9 Å². The monoisotopic (exact) mass is 350 g/mol. The van der Waals surface area contributed by atoms with Gasteiger partial charge in [0.1, 0.15) is 0 Å². The molecule has 3 rings (SSSR count). The maximum absolute atomic E-state index is 12.7. The second-order valence-corrected chi connectivity index (χ2v) is 5.72. The summed E-state index contributed by atoms with van der Waals surface area (Å²) in [6, 6.07) is 6.02. The molecule has 2 heterocycles. The predicted octanol–water partition coefficient (Wildman–Crippen LogP) is 1.15. The number of nitrogens with zero attached hydrogens (tertiary/aromatic N) is 4. The van der Waals surface area contributed by atoms with Gasteiger partial charge in [0.2, 0.25) is 0 Å². The molecule has 9 heteroatoms. The number of ether oxygens (including phenoxy) is 1. The van der Waals surface area contributed by atoms with E-state index in [-0.39, 0.29) is 25.5 Å². The highest BCUT2D eigenvalue weighted by molar-refractivity contribution is 6.32. The molecule has 1 atom stereocenters. The van der Waals surface area contributed by atoms with Gasteiger partial charge in [0, 0.05) is 6.54 Å². The minimum absolute atomic E-state index is 0.0429. The Morgan fingerprint density at radius 3 is 2.83 bits per heavy atom.